The van der Waals surface area contributed by atoms with Gasteiger partial charge in [-0.3, -0.25) is 0 Å². The Bertz CT molecular complexity index is 781. The second-order valence-corrected chi connectivity index (χ2v) is 5.42. The van der Waals surface area contributed by atoms with Gasteiger partial charge in [-0.15, -0.1) is 11.8 Å². The number of rotatable bonds is 3. The van der Waals surface area contributed by atoms with Gasteiger partial charge in [-0.2, -0.15) is 4.98 Å². The van der Waals surface area contributed by atoms with Crippen LogP contribution >= 0.6 is 23.4 Å². The van der Waals surface area contributed by atoms with Gasteiger partial charge in [-0.25, -0.2) is 15.0 Å². The van der Waals surface area contributed by atoms with Gasteiger partial charge in [-0.05, 0) is 30.0 Å². The third-order valence-electron chi connectivity index (χ3n) is 3.06. The highest BCUT2D eigenvalue weighted by atomic mass is 35.5. The molecule has 2 aromatic heterocycles. The fourth-order valence-electron chi connectivity index (χ4n) is 2.04. The van der Waals surface area contributed by atoms with Crippen LogP contribution in [0.1, 0.15) is 0 Å². The predicted molar refractivity (Wildman–Crippen MR) is 86.4 cm³/mol. The predicted octanol–water partition coefficient (Wildman–Crippen LogP) is 3.56. The normalized spacial score (nSPS) is 10.8. The zero-order chi connectivity index (χ0) is 14.8. The summed E-state index contributed by atoms with van der Waals surface area (Å²) < 4.78 is 0. The number of para-hydroxylation sites is 1. The first kappa shape index (κ1) is 14.0. The van der Waals surface area contributed by atoms with Crippen LogP contribution in [0.25, 0.3) is 11.0 Å². The van der Waals surface area contributed by atoms with Crippen LogP contribution in [0.2, 0.25) is 5.28 Å². The van der Waals surface area contributed by atoms with Crippen molar-refractivity contribution in [2.45, 2.75) is 5.03 Å². The molecular formula is C14H12ClN5S. The van der Waals surface area contributed by atoms with Gasteiger partial charge in [0.05, 0.1) is 0 Å². The van der Waals surface area contributed by atoms with Gasteiger partial charge in [0.15, 0.2) is 5.82 Å². The zero-order valence-electron chi connectivity index (χ0n) is 11.5. The smallest absolute Gasteiger partial charge is 0.225 e. The molecule has 0 atom stereocenters. The van der Waals surface area contributed by atoms with E-state index in [2.05, 4.69) is 19.9 Å². The summed E-state index contributed by atoms with van der Waals surface area (Å²) in [5, 5.41) is 0.970. The van der Waals surface area contributed by atoms with Gasteiger partial charge >= 0.3 is 0 Å². The van der Waals surface area contributed by atoms with Crippen LogP contribution in [-0.4, -0.2) is 33.2 Å². The largest absolute Gasteiger partial charge is 0.328 e. The van der Waals surface area contributed by atoms with E-state index in [-0.39, 0.29) is 5.28 Å². The Morgan fingerprint density at radius 1 is 1.05 bits per heavy atom. The molecule has 0 radical (unpaired) electrons. The molecule has 0 fully saturated rings. The van der Waals surface area contributed by atoms with Crippen LogP contribution < -0.4 is 4.90 Å². The monoisotopic (exact) mass is 317 g/mol. The SMILES string of the molecule is CSc1ncnc2c(N(C)c3ccccc3)nc(Cl)nc12. The molecule has 0 bridgehead atoms. The van der Waals surface area contributed by atoms with Gasteiger partial charge in [-0.1, -0.05) is 18.2 Å². The lowest BCUT2D eigenvalue weighted by atomic mass is 10.3. The van der Waals surface area contributed by atoms with E-state index in [1.807, 2.05) is 48.5 Å². The number of anilines is 2. The van der Waals surface area contributed by atoms with Crippen molar-refractivity contribution in [3.63, 3.8) is 0 Å². The average Bonchev–Trinajstić information content (AvgIpc) is 2.53. The summed E-state index contributed by atoms with van der Waals surface area (Å²) in [5.74, 6) is 0.661. The molecular weight excluding hydrogens is 306 g/mol. The number of thioether (sulfide) groups is 1. The van der Waals surface area contributed by atoms with Crippen LogP contribution in [0.4, 0.5) is 11.5 Å². The van der Waals surface area contributed by atoms with Crippen molar-refractivity contribution in [1.29, 1.82) is 0 Å². The lowest BCUT2D eigenvalue weighted by Gasteiger charge is -2.19. The maximum absolute atomic E-state index is 6.07. The number of benzene rings is 1. The van der Waals surface area contributed by atoms with E-state index < -0.39 is 0 Å². The third kappa shape index (κ3) is 2.64. The van der Waals surface area contributed by atoms with Crippen molar-refractivity contribution >= 4 is 45.9 Å². The van der Waals surface area contributed by atoms with E-state index in [0.29, 0.717) is 16.9 Å². The summed E-state index contributed by atoms with van der Waals surface area (Å²) in [6, 6.07) is 9.91. The molecule has 21 heavy (non-hydrogen) atoms. The van der Waals surface area contributed by atoms with Gasteiger partial charge < -0.3 is 4.90 Å². The Hall–Kier alpha value is -1.92. The first-order valence-corrected chi connectivity index (χ1v) is 7.82. The maximum Gasteiger partial charge on any atom is 0.225 e. The minimum atomic E-state index is 0.186. The second-order valence-electron chi connectivity index (χ2n) is 4.29. The van der Waals surface area contributed by atoms with Crippen molar-refractivity contribution in [3.05, 3.63) is 41.9 Å². The van der Waals surface area contributed by atoms with Crippen molar-refractivity contribution < 1.29 is 0 Å². The molecule has 0 unspecified atom stereocenters. The standard InChI is InChI=1S/C14H12ClN5S/c1-20(9-6-4-3-5-7-9)12-10-11(18-14(15)19-12)13(21-2)17-8-16-10/h3-8H,1-2H3. The van der Waals surface area contributed by atoms with E-state index in [9.17, 15) is 0 Å². The number of fused-ring (bicyclic) bond motifs is 1. The lowest BCUT2D eigenvalue weighted by molar-refractivity contribution is 1.04. The third-order valence-corrected chi connectivity index (χ3v) is 3.91. The van der Waals surface area contributed by atoms with Gasteiger partial charge in [0.25, 0.3) is 0 Å². The molecule has 0 aliphatic carbocycles. The summed E-state index contributed by atoms with van der Waals surface area (Å²) in [6.07, 6.45) is 3.46. The van der Waals surface area contributed by atoms with Gasteiger partial charge in [0.2, 0.25) is 5.28 Å². The van der Waals surface area contributed by atoms with Crippen molar-refractivity contribution in [2.75, 3.05) is 18.2 Å². The van der Waals surface area contributed by atoms with Crippen LogP contribution in [0.3, 0.4) is 0 Å². The first-order valence-electron chi connectivity index (χ1n) is 6.21. The number of nitrogens with zero attached hydrogens (tertiary/aromatic N) is 5. The molecule has 0 spiro atoms. The maximum atomic E-state index is 6.07. The minimum Gasteiger partial charge on any atom is -0.328 e. The fraction of sp³-hybridized carbons (Fsp3) is 0.143. The zero-order valence-corrected chi connectivity index (χ0v) is 13.1. The highest BCUT2D eigenvalue weighted by Crippen LogP contribution is 2.31. The topological polar surface area (TPSA) is 54.8 Å². The summed E-state index contributed by atoms with van der Waals surface area (Å²) in [5.41, 5.74) is 2.35. The van der Waals surface area contributed by atoms with E-state index in [1.165, 1.54) is 18.1 Å². The highest BCUT2D eigenvalue weighted by Gasteiger charge is 2.16. The number of hydrogen-bond donors (Lipinski definition) is 0. The second kappa shape index (κ2) is 5.83. The summed E-state index contributed by atoms with van der Waals surface area (Å²) in [4.78, 5) is 19.1. The molecule has 0 aliphatic heterocycles. The molecule has 0 aliphatic rings. The number of halogens is 1. The summed E-state index contributed by atoms with van der Waals surface area (Å²) in [6.45, 7) is 0. The van der Waals surface area contributed by atoms with Crippen molar-refractivity contribution in [2.24, 2.45) is 0 Å². The number of hydrogen-bond acceptors (Lipinski definition) is 6. The van der Waals surface area contributed by atoms with E-state index in [4.69, 9.17) is 11.6 Å². The molecule has 5 nitrogen and oxygen atoms in total. The molecule has 1 aromatic carbocycles. The average molecular weight is 318 g/mol. The van der Waals surface area contributed by atoms with E-state index in [0.717, 1.165) is 10.7 Å². The van der Waals surface area contributed by atoms with Crippen LogP contribution in [-0.2, 0) is 0 Å². The minimum absolute atomic E-state index is 0.186. The van der Waals surface area contributed by atoms with E-state index in [1.54, 1.807) is 0 Å². The molecule has 0 amide bonds. The quantitative estimate of drug-likeness (QED) is 0.418. The molecule has 0 saturated heterocycles. The van der Waals surface area contributed by atoms with Crippen molar-refractivity contribution in [3.8, 4) is 0 Å². The van der Waals surface area contributed by atoms with E-state index >= 15 is 0 Å². The molecule has 3 rings (SSSR count). The summed E-state index contributed by atoms with van der Waals surface area (Å²) >= 11 is 7.58. The molecule has 7 heteroatoms. The molecule has 0 N–H and O–H groups in total. The Morgan fingerprint density at radius 3 is 2.52 bits per heavy atom. The Labute approximate surface area is 131 Å². The molecule has 3 aromatic rings. The van der Waals surface area contributed by atoms with Gasteiger partial charge in [0, 0.05) is 12.7 Å². The summed E-state index contributed by atoms with van der Waals surface area (Å²) in [7, 11) is 1.92. The van der Waals surface area contributed by atoms with Crippen LogP contribution in [0, 0.1) is 0 Å². The fourth-order valence-corrected chi connectivity index (χ4v) is 2.69. The van der Waals surface area contributed by atoms with Gasteiger partial charge in [0.1, 0.15) is 22.4 Å². The van der Waals surface area contributed by atoms with Crippen molar-refractivity contribution in [1.82, 2.24) is 19.9 Å². The van der Waals surface area contributed by atoms with Crippen LogP contribution in [0.15, 0.2) is 41.7 Å². The molecule has 106 valence electrons. The molecule has 2 heterocycles. The van der Waals surface area contributed by atoms with Crippen LogP contribution in [0.5, 0.6) is 0 Å². The first-order chi connectivity index (χ1) is 10.2. The Morgan fingerprint density at radius 2 is 1.81 bits per heavy atom. The Balaban J connectivity index is 2.23. The lowest BCUT2D eigenvalue weighted by Crippen LogP contribution is -2.13. The Kier molecular flexibility index (Phi) is 3.90. The highest BCUT2D eigenvalue weighted by molar-refractivity contribution is 7.98. The molecule has 0 saturated carbocycles. The number of aromatic nitrogens is 4.